The van der Waals surface area contributed by atoms with Gasteiger partial charge in [0.2, 0.25) is 0 Å². The summed E-state index contributed by atoms with van der Waals surface area (Å²) in [6.07, 6.45) is 6.31. The summed E-state index contributed by atoms with van der Waals surface area (Å²) in [5.41, 5.74) is 1.80. The molecular weight excluding hydrogens is 307 g/mol. The second-order valence-electron chi connectivity index (χ2n) is 6.50. The lowest BCUT2D eigenvalue weighted by Gasteiger charge is -2.09. The molecule has 2 aromatic heterocycles. The summed E-state index contributed by atoms with van der Waals surface area (Å²) in [5, 5.41) is 8.44. The van der Waals surface area contributed by atoms with Gasteiger partial charge < -0.3 is 10.3 Å². The first-order valence-corrected chi connectivity index (χ1v) is 8.19. The van der Waals surface area contributed by atoms with Crippen molar-refractivity contribution in [1.29, 1.82) is 0 Å². The summed E-state index contributed by atoms with van der Waals surface area (Å²) < 4.78 is 15.2. The van der Waals surface area contributed by atoms with Crippen LogP contribution in [0, 0.1) is 11.7 Å². The number of nitrogens with zero attached hydrogens (tertiary/aromatic N) is 2. The molecule has 1 aliphatic carbocycles. The van der Waals surface area contributed by atoms with Gasteiger partial charge in [0.15, 0.2) is 0 Å². The highest BCUT2D eigenvalue weighted by Crippen LogP contribution is 2.39. The molecule has 124 valence electrons. The third-order valence-electron chi connectivity index (χ3n) is 4.69. The van der Waals surface area contributed by atoms with Gasteiger partial charge in [-0.3, -0.25) is 9.48 Å². The Kier molecular flexibility index (Phi) is 3.59. The summed E-state index contributed by atoms with van der Waals surface area (Å²) in [6.45, 7) is 2.58. The standard InChI is InChI=1S/C18H19FN4O/c1-11(12-2-3-12)23-10-16(9-21-23)20-8-14-6-13-4-5-15(19)7-17(13)22-18(14)24/h4-7,9-12,20H,2-3,8H2,1H3,(H,22,24). The molecule has 5 nitrogen and oxygen atoms in total. The van der Waals surface area contributed by atoms with Gasteiger partial charge in [-0.15, -0.1) is 0 Å². The molecule has 2 heterocycles. The number of halogens is 1. The zero-order valence-electron chi connectivity index (χ0n) is 13.4. The number of benzene rings is 1. The highest BCUT2D eigenvalue weighted by Gasteiger charge is 2.29. The number of hydrogen-bond acceptors (Lipinski definition) is 3. The van der Waals surface area contributed by atoms with Gasteiger partial charge in [-0.1, -0.05) is 0 Å². The van der Waals surface area contributed by atoms with Gasteiger partial charge in [0.05, 0.1) is 23.4 Å². The molecule has 2 N–H and O–H groups in total. The molecule has 1 fully saturated rings. The molecule has 6 heteroatoms. The van der Waals surface area contributed by atoms with E-state index in [0.29, 0.717) is 23.7 Å². The summed E-state index contributed by atoms with van der Waals surface area (Å²) in [5.74, 6) is 0.377. The van der Waals surface area contributed by atoms with Crippen molar-refractivity contribution in [1.82, 2.24) is 14.8 Å². The minimum Gasteiger partial charge on any atom is -0.378 e. The number of anilines is 1. The topological polar surface area (TPSA) is 62.7 Å². The highest BCUT2D eigenvalue weighted by molar-refractivity contribution is 5.78. The van der Waals surface area contributed by atoms with Crippen LogP contribution < -0.4 is 10.9 Å². The van der Waals surface area contributed by atoms with Crippen molar-refractivity contribution in [2.75, 3.05) is 5.32 Å². The molecule has 4 rings (SSSR count). The van der Waals surface area contributed by atoms with Crippen LogP contribution in [-0.2, 0) is 6.54 Å². The van der Waals surface area contributed by atoms with E-state index in [-0.39, 0.29) is 11.4 Å². The maximum absolute atomic E-state index is 13.2. The first-order valence-electron chi connectivity index (χ1n) is 8.19. The Balaban J connectivity index is 1.51. The fourth-order valence-corrected chi connectivity index (χ4v) is 2.99. The second-order valence-corrected chi connectivity index (χ2v) is 6.50. The Morgan fingerprint density at radius 3 is 3.04 bits per heavy atom. The van der Waals surface area contributed by atoms with E-state index in [4.69, 9.17) is 0 Å². The highest BCUT2D eigenvalue weighted by atomic mass is 19.1. The Morgan fingerprint density at radius 2 is 2.25 bits per heavy atom. The second kappa shape index (κ2) is 5.78. The van der Waals surface area contributed by atoms with E-state index in [9.17, 15) is 9.18 Å². The molecule has 0 aliphatic heterocycles. The van der Waals surface area contributed by atoms with Crippen LogP contribution >= 0.6 is 0 Å². The molecule has 1 atom stereocenters. The monoisotopic (exact) mass is 326 g/mol. The first kappa shape index (κ1) is 14.9. The van der Waals surface area contributed by atoms with Crippen LogP contribution in [-0.4, -0.2) is 14.8 Å². The maximum atomic E-state index is 13.2. The lowest BCUT2D eigenvalue weighted by atomic mass is 10.1. The summed E-state index contributed by atoms with van der Waals surface area (Å²) >= 11 is 0. The summed E-state index contributed by atoms with van der Waals surface area (Å²) in [7, 11) is 0. The molecule has 0 spiro atoms. The van der Waals surface area contributed by atoms with Crippen molar-refractivity contribution in [3.05, 3.63) is 58.4 Å². The number of H-pyrrole nitrogens is 1. The number of aromatic nitrogens is 3. The quantitative estimate of drug-likeness (QED) is 0.755. The van der Waals surface area contributed by atoms with Crippen LogP contribution in [0.2, 0.25) is 0 Å². The number of pyridine rings is 1. The number of nitrogens with one attached hydrogen (secondary N) is 2. The Labute approximate surface area is 138 Å². The first-order chi connectivity index (χ1) is 11.6. The Bertz CT molecular complexity index is 942. The van der Waals surface area contributed by atoms with Crippen molar-refractivity contribution in [3.8, 4) is 0 Å². The number of rotatable bonds is 5. The molecular formula is C18H19FN4O. The molecule has 0 radical (unpaired) electrons. The Hall–Kier alpha value is -2.63. The van der Waals surface area contributed by atoms with Crippen LogP contribution in [0.5, 0.6) is 0 Å². The number of hydrogen-bond donors (Lipinski definition) is 2. The van der Waals surface area contributed by atoms with Crippen molar-refractivity contribution < 1.29 is 4.39 Å². The van der Waals surface area contributed by atoms with Gasteiger partial charge in [-0.2, -0.15) is 5.10 Å². The van der Waals surface area contributed by atoms with E-state index in [1.165, 1.54) is 25.0 Å². The van der Waals surface area contributed by atoms with Gasteiger partial charge in [0.25, 0.3) is 5.56 Å². The van der Waals surface area contributed by atoms with E-state index >= 15 is 0 Å². The molecule has 1 aromatic carbocycles. The van der Waals surface area contributed by atoms with E-state index in [1.807, 2.05) is 10.9 Å². The van der Waals surface area contributed by atoms with Crippen molar-refractivity contribution in [3.63, 3.8) is 0 Å². The number of fused-ring (bicyclic) bond motifs is 1. The third-order valence-corrected chi connectivity index (χ3v) is 4.69. The lowest BCUT2D eigenvalue weighted by Crippen LogP contribution is -2.15. The van der Waals surface area contributed by atoms with Crippen molar-refractivity contribution >= 4 is 16.6 Å². The van der Waals surface area contributed by atoms with Gasteiger partial charge >= 0.3 is 0 Å². The van der Waals surface area contributed by atoms with E-state index in [2.05, 4.69) is 22.3 Å². The van der Waals surface area contributed by atoms with Crippen LogP contribution in [0.3, 0.4) is 0 Å². The number of aromatic amines is 1. The predicted octanol–water partition coefficient (Wildman–Crippen LogP) is 3.45. The zero-order valence-corrected chi connectivity index (χ0v) is 13.4. The van der Waals surface area contributed by atoms with Gasteiger partial charge in [-0.25, -0.2) is 4.39 Å². The van der Waals surface area contributed by atoms with Gasteiger partial charge in [0.1, 0.15) is 5.82 Å². The minimum atomic E-state index is -0.360. The smallest absolute Gasteiger partial charge is 0.253 e. The Morgan fingerprint density at radius 1 is 1.42 bits per heavy atom. The van der Waals surface area contributed by atoms with Gasteiger partial charge in [0, 0.05) is 18.3 Å². The maximum Gasteiger partial charge on any atom is 0.253 e. The van der Waals surface area contributed by atoms with Crippen molar-refractivity contribution in [2.24, 2.45) is 5.92 Å². The average Bonchev–Trinajstić information content (AvgIpc) is 3.30. The molecule has 3 aromatic rings. The van der Waals surface area contributed by atoms with Crippen LogP contribution in [0.15, 0.2) is 41.5 Å². The molecule has 1 saturated carbocycles. The van der Waals surface area contributed by atoms with Crippen molar-refractivity contribution in [2.45, 2.75) is 32.4 Å². The third kappa shape index (κ3) is 2.91. The lowest BCUT2D eigenvalue weighted by molar-refractivity contribution is 0.440. The predicted molar refractivity (Wildman–Crippen MR) is 91.5 cm³/mol. The van der Waals surface area contributed by atoms with Crippen LogP contribution in [0.1, 0.15) is 31.4 Å². The summed E-state index contributed by atoms with van der Waals surface area (Å²) in [6, 6.07) is 6.59. The van der Waals surface area contributed by atoms with E-state index in [0.717, 1.165) is 17.0 Å². The van der Waals surface area contributed by atoms with Crippen LogP contribution in [0.25, 0.3) is 10.9 Å². The largest absolute Gasteiger partial charge is 0.378 e. The average molecular weight is 326 g/mol. The molecule has 1 unspecified atom stereocenters. The molecule has 0 bridgehead atoms. The fraction of sp³-hybridized carbons (Fsp3) is 0.333. The zero-order chi connectivity index (χ0) is 16.7. The summed E-state index contributed by atoms with van der Waals surface area (Å²) in [4.78, 5) is 14.9. The minimum absolute atomic E-state index is 0.209. The fourth-order valence-electron chi connectivity index (χ4n) is 2.99. The molecule has 24 heavy (non-hydrogen) atoms. The van der Waals surface area contributed by atoms with Gasteiger partial charge in [-0.05, 0) is 55.3 Å². The molecule has 0 saturated heterocycles. The van der Waals surface area contributed by atoms with E-state index < -0.39 is 0 Å². The van der Waals surface area contributed by atoms with E-state index in [1.54, 1.807) is 18.3 Å². The SMILES string of the molecule is CC(C1CC1)n1cc(NCc2cc3ccc(F)cc3[nH]c2=O)cn1. The molecule has 0 amide bonds. The van der Waals surface area contributed by atoms with Crippen LogP contribution in [0.4, 0.5) is 10.1 Å². The normalized spacial score (nSPS) is 15.6. The molecule has 1 aliphatic rings.